The monoisotopic (exact) mass is 318 g/mol. The van der Waals surface area contributed by atoms with E-state index in [-0.39, 0.29) is 5.78 Å². The Hall–Kier alpha value is -0.803. The third-order valence-corrected chi connectivity index (χ3v) is 8.90. The lowest BCUT2D eigenvalue weighted by atomic mass is 10.0. The molecule has 3 heteroatoms. The van der Waals surface area contributed by atoms with Crippen LogP contribution in [0.2, 0.25) is 19.6 Å². The first-order chi connectivity index (χ1) is 9.97. The molecule has 1 saturated carbocycles. The standard InChI is InChI=1S/C18H26OSSi/c1-21(2,3)18(20-16-12-8-5-9-13-16)14-17(19)15-10-6-4-7-11-15/h4,6-7,10-11,14,16H,5,8-9,12-13H2,1-3H3/b18-14+. The predicted octanol–water partition coefficient (Wildman–Crippen LogP) is 5.70. The highest BCUT2D eigenvalue weighted by atomic mass is 32.2. The van der Waals surface area contributed by atoms with Crippen molar-refractivity contribution in [3.63, 3.8) is 0 Å². The van der Waals surface area contributed by atoms with Gasteiger partial charge >= 0.3 is 0 Å². The molecule has 0 spiro atoms. The average Bonchev–Trinajstić information content (AvgIpc) is 2.47. The molecule has 0 radical (unpaired) electrons. The maximum Gasteiger partial charge on any atom is 0.186 e. The zero-order chi connectivity index (χ0) is 15.3. The van der Waals surface area contributed by atoms with E-state index < -0.39 is 8.07 Å². The SMILES string of the molecule is C[Si](C)(C)/C(=C/C(=O)c1ccccc1)SC1CCCCC1. The third-order valence-electron chi connectivity index (χ3n) is 3.91. The Bertz CT molecular complexity index is 496. The molecule has 21 heavy (non-hydrogen) atoms. The highest BCUT2D eigenvalue weighted by molar-refractivity contribution is 8.05. The average molecular weight is 319 g/mol. The van der Waals surface area contributed by atoms with Gasteiger partial charge in [0.15, 0.2) is 5.78 Å². The lowest BCUT2D eigenvalue weighted by molar-refractivity contribution is 0.104. The number of carbonyl (C=O) groups is 1. The van der Waals surface area contributed by atoms with Gasteiger partial charge in [0.05, 0.1) is 8.07 Å². The Labute approximate surface area is 134 Å². The topological polar surface area (TPSA) is 17.1 Å². The van der Waals surface area contributed by atoms with Crippen molar-refractivity contribution in [2.24, 2.45) is 0 Å². The van der Waals surface area contributed by atoms with Gasteiger partial charge in [0.2, 0.25) is 0 Å². The molecule has 1 aromatic rings. The first-order valence-corrected chi connectivity index (χ1v) is 12.3. The molecule has 1 fully saturated rings. The normalized spacial score (nSPS) is 17.8. The van der Waals surface area contributed by atoms with Crippen molar-refractivity contribution in [3.8, 4) is 0 Å². The van der Waals surface area contributed by atoms with Crippen molar-refractivity contribution < 1.29 is 4.79 Å². The van der Waals surface area contributed by atoms with Gasteiger partial charge in [-0.2, -0.15) is 0 Å². The number of carbonyl (C=O) groups excluding carboxylic acids is 1. The Morgan fingerprint density at radius 1 is 1.10 bits per heavy atom. The summed E-state index contributed by atoms with van der Waals surface area (Å²) in [6, 6.07) is 9.64. The van der Waals surface area contributed by atoms with E-state index in [9.17, 15) is 4.79 Å². The minimum absolute atomic E-state index is 0.163. The maximum absolute atomic E-state index is 12.5. The van der Waals surface area contributed by atoms with E-state index in [2.05, 4.69) is 19.6 Å². The van der Waals surface area contributed by atoms with Crippen molar-refractivity contribution in [1.29, 1.82) is 0 Å². The van der Waals surface area contributed by atoms with Crippen molar-refractivity contribution in [2.45, 2.75) is 57.0 Å². The highest BCUT2D eigenvalue weighted by Crippen LogP contribution is 2.37. The van der Waals surface area contributed by atoms with E-state index in [1.165, 1.54) is 36.6 Å². The van der Waals surface area contributed by atoms with Gasteiger partial charge < -0.3 is 0 Å². The smallest absolute Gasteiger partial charge is 0.186 e. The molecule has 0 aromatic heterocycles. The second kappa shape index (κ2) is 7.46. The van der Waals surface area contributed by atoms with Crippen LogP contribution in [0.15, 0.2) is 40.9 Å². The van der Waals surface area contributed by atoms with E-state index in [1.807, 2.05) is 48.2 Å². The molecule has 1 aliphatic carbocycles. The van der Waals surface area contributed by atoms with Gasteiger partial charge in [-0.05, 0) is 23.4 Å². The molecule has 0 aliphatic heterocycles. The van der Waals surface area contributed by atoms with Crippen LogP contribution >= 0.6 is 11.8 Å². The predicted molar refractivity (Wildman–Crippen MR) is 96.7 cm³/mol. The Morgan fingerprint density at radius 2 is 1.71 bits per heavy atom. The number of rotatable bonds is 5. The number of thioether (sulfide) groups is 1. The van der Waals surface area contributed by atoms with Crippen molar-refractivity contribution >= 4 is 25.6 Å². The van der Waals surface area contributed by atoms with Crippen LogP contribution in [0.4, 0.5) is 0 Å². The number of hydrogen-bond donors (Lipinski definition) is 0. The zero-order valence-electron chi connectivity index (χ0n) is 13.4. The van der Waals surface area contributed by atoms with Crippen LogP contribution in [-0.4, -0.2) is 19.1 Å². The molecule has 0 N–H and O–H groups in total. The molecule has 0 saturated heterocycles. The molecule has 0 bridgehead atoms. The summed E-state index contributed by atoms with van der Waals surface area (Å²) in [5.41, 5.74) is 0.803. The van der Waals surface area contributed by atoms with Crippen LogP contribution in [0.3, 0.4) is 0 Å². The van der Waals surface area contributed by atoms with Crippen LogP contribution in [0.1, 0.15) is 42.5 Å². The van der Waals surface area contributed by atoms with Crippen LogP contribution in [0.5, 0.6) is 0 Å². The molecule has 1 aliphatic rings. The Balaban J connectivity index is 2.15. The second-order valence-electron chi connectivity index (χ2n) is 6.87. The molecule has 0 atom stereocenters. The summed E-state index contributed by atoms with van der Waals surface area (Å²) in [6.07, 6.45) is 8.64. The van der Waals surface area contributed by atoms with Gasteiger partial charge in [0.25, 0.3) is 0 Å². The minimum atomic E-state index is -1.46. The fourth-order valence-electron chi connectivity index (χ4n) is 2.59. The number of allylic oxidation sites excluding steroid dienone is 1. The highest BCUT2D eigenvalue weighted by Gasteiger charge is 2.25. The van der Waals surface area contributed by atoms with Crippen LogP contribution in [0.25, 0.3) is 0 Å². The summed E-state index contributed by atoms with van der Waals surface area (Å²) in [7, 11) is -1.46. The van der Waals surface area contributed by atoms with Crippen LogP contribution in [0, 0.1) is 0 Å². The van der Waals surface area contributed by atoms with E-state index in [0.29, 0.717) is 0 Å². The van der Waals surface area contributed by atoms with Crippen LogP contribution in [-0.2, 0) is 0 Å². The van der Waals surface area contributed by atoms with Gasteiger partial charge in [-0.25, -0.2) is 0 Å². The first-order valence-electron chi connectivity index (χ1n) is 7.95. The summed E-state index contributed by atoms with van der Waals surface area (Å²) in [5.74, 6) is 0.163. The maximum atomic E-state index is 12.5. The van der Waals surface area contributed by atoms with Gasteiger partial charge in [-0.15, -0.1) is 11.8 Å². The quantitative estimate of drug-likeness (QED) is 0.394. The summed E-state index contributed by atoms with van der Waals surface area (Å²) in [6.45, 7) is 7.02. The number of hydrogen-bond acceptors (Lipinski definition) is 2. The number of benzene rings is 1. The van der Waals surface area contributed by atoms with Gasteiger partial charge in [0.1, 0.15) is 0 Å². The molecule has 2 rings (SSSR count). The third kappa shape index (κ3) is 5.15. The van der Waals surface area contributed by atoms with E-state index >= 15 is 0 Å². The summed E-state index contributed by atoms with van der Waals surface area (Å²) < 4.78 is 1.36. The van der Waals surface area contributed by atoms with E-state index in [1.54, 1.807) is 0 Å². The molecule has 0 amide bonds. The lowest BCUT2D eigenvalue weighted by Gasteiger charge is -2.27. The van der Waals surface area contributed by atoms with Gasteiger partial charge in [-0.1, -0.05) is 69.2 Å². The molecular weight excluding hydrogens is 292 g/mol. The summed E-state index contributed by atoms with van der Waals surface area (Å²) in [5, 5.41) is 0.722. The number of ketones is 1. The minimum Gasteiger partial charge on any atom is -0.289 e. The van der Waals surface area contributed by atoms with Crippen molar-refractivity contribution in [1.82, 2.24) is 0 Å². The van der Waals surface area contributed by atoms with Crippen molar-refractivity contribution in [2.75, 3.05) is 0 Å². The molecule has 0 unspecified atom stereocenters. The molecule has 1 aromatic carbocycles. The Morgan fingerprint density at radius 3 is 2.29 bits per heavy atom. The molecule has 1 nitrogen and oxygen atoms in total. The summed E-state index contributed by atoms with van der Waals surface area (Å²) >= 11 is 2.00. The van der Waals surface area contributed by atoms with Crippen molar-refractivity contribution in [3.05, 3.63) is 46.5 Å². The van der Waals surface area contributed by atoms with E-state index in [0.717, 1.165) is 10.8 Å². The fraction of sp³-hybridized carbons (Fsp3) is 0.500. The lowest BCUT2D eigenvalue weighted by Crippen LogP contribution is -2.25. The second-order valence-corrected chi connectivity index (χ2v) is 13.6. The molecule has 114 valence electrons. The first kappa shape index (κ1) is 16.6. The fourth-order valence-corrected chi connectivity index (χ4v) is 6.18. The molecular formula is C18H26OSSi. The zero-order valence-corrected chi connectivity index (χ0v) is 15.2. The molecule has 0 heterocycles. The van der Waals surface area contributed by atoms with Gasteiger partial charge in [-0.3, -0.25) is 4.79 Å². The van der Waals surface area contributed by atoms with E-state index in [4.69, 9.17) is 0 Å². The summed E-state index contributed by atoms with van der Waals surface area (Å²) in [4.78, 5) is 12.5. The van der Waals surface area contributed by atoms with Crippen LogP contribution < -0.4 is 0 Å². The van der Waals surface area contributed by atoms with Gasteiger partial charge in [0, 0.05) is 10.8 Å². The largest absolute Gasteiger partial charge is 0.289 e. The Kier molecular flexibility index (Phi) is 5.88.